The highest BCUT2D eigenvalue weighted by Crippen LogP contribution is 2.18. The van der Waals surface area contributed by atoms with E-state index in [1.807, 2.05) is 12.1 Å². The summed E-state index contributed by atoms with van der Waals surface area (Å²) in [6, 6.07) is 3.72. The molecule has 0 saturated carbocycles. The van der Waals surface area contributed by atoms with Crippen LogP contribution in [-0.4, -0.2) is 14.5 Å². The van der Waals surface area contributed by atoms with Gasteiger partial charge in [-0.2, -0.15) is 4.75 Å². The third-order valence-corrected chi connectivity index (χ3v) is 3.17. The van der Waals surface area contributed by atoms with Crippen molar-refractivity contribution in [2.45, 2.75) is 0 Å². The van der Waals surface area contributed by atoms with Crippen molar-refractivity contribution < 1.29 is 0 Å². The number of nitrogens with one attached hydrogen (secondary N) is 1. The van der Waals surface area contributed by atoms with Gasteiger partial charge in [0, 0.05) is 6.20 Å². The molecule has 2 heterocycles. The monoisotopic (exact) mass is 213 g/mol. The van der Waals surface area contributed by atoms with Gasteiger partial charge in [-0.25, -0.2) is 4.98 Å². The van der Waals surface area contributed by atoms with E-state index in [1.165, 1.54) is 0 Å². The van der Waals surface area contributed by atoms with Crippen LogP contribution in [-0.2, 0) is 12.2 Å². The molecule has 2 rings (SSSR count). The van der Waals surface area contributed by atoms with Gasteiger partial charge in [-0.15, -0.1) is 0 Å². The molecule has 2 aromatic rings. The Labute approximate surface area is 80.2 Å². The van der Waals surface area contributed by atoms with E-state index in [0.717, 1.165) is 11.0 Å². The molecule has 1 atom stereocenters. The highest BCUT2D eigenvalue weighted by Gasteiger charge is 2.00. The zero-order valence-corrected chi connectivity index (χ0v) is 8.42. The summed E-state index contributed by atoms with van der Waals surface area (Å²) in [6.07, 6.45) is 1.71. The number of hydrogen-bond acceptors (Lipinski definition) is 4. The van der Waals surface area contributed by atoms with Crippen LogP contribution in [0.3, 0.4) is 0 Å². The summed E-state index contributed by atoms with van der Waals surface area (Å²) in [5.41, 5.74) is 0.763. The van der Waals surface area contributed by atoms with Crippen LogP contribution in [0.5, 0.6) is 0 Å². The highest BCUT2D eigenvalue weighted by atomic mass is 32.7. The Kier molecular flexibility index (Phi) is 2.09. The lowest BCUT2D eigenvalue weighted by Crippen LogP contribution is -1.83. The van der Waals surface area contributed by atoms with Crippen molar-refractivity contribution in [1.82, 2.24) is 14.5 Å². The van der Waals surface area contributed by atoms with Crippen LogP contribution >= 0.6 is 19.3 Å². The molecular weight excluding hydrogens is 209 g/mol. The summed E-state index contributed by atoms with van der Waals surface area (Å²) >= 11 is 10.0. The number of rotatable bonds is 0. The van der Waals surface area contributed by atoms with Crippen molar-refractivity contribution in [3.63, 3.8) is 0 Å². The van der Waals surface area contributed by atoms with Gasteiger partial charge in [-0.3, -0.25) is 0 Å². The topological polar surface area (TPSA) is 41.6 Å². The van der Waals surface area contributed by atoms with Crippen LogP contribution in [0.4, 0.5) is 0 Å². The summed E-state index contributed by atoms with van der Waals surface area (Å²) in [6.45, 7) is 0. The standard InChI is InChI=1S/C6H4N3PS2/c11-6-4-2-1-3-7-5(4)8-10(12)9-6/h1-3H,(H,7,8,9,11). The second-order valence-electron chi connectivity index (χ2n) is 2.19. The number of pyridine rings is 1. The van der Waals surface area contributed by atoms with Gasteiger partial charge < -0.3 is 12.2 Å². The van der Waals surface area contributed by atoms with E-state index in [-0.39, 0.29) is 0 Å². The molecule has 6 heteroatoms. The average molecular weight is 213 g/mol. The Morgan fingerprint density at radius 1 is 1.58 bits per heavy atom. The van der Waals surface area contributed by atoms with Crippen LogP contribution in [0, 0.1) is 4.64 Å². The fourth-order valence-electron chi connectivity index (χ4n) is 0.919. The van der Waals surface area contributed by atoms with Crippen molar-refractivity contribution in [1.29, 1.82) is 0 Å². The van der Waals surface area contributed by atoms with Gasteiger partial charge in [-0.05, 0) is 12.1 Å². The van der Waals surface area contributed by atoms with Gasteiger partial charge in [0.1, 0.15) is 0 Å². The summed E-state index contributed by atoms with van der Waals surface area (Å²) in [7, 11) is -0.963. The third kappa shape index (κ3) is 1.35. The van der Waals surface area contributed by atoms with Crippen molar-refractivity contribution in [2.24, 2.45) is 0 Å². The number of hydrogen-bond donors (Lipinski definition) is 1. The lowest BCUT2D eigenvalue weighted by Gasteiger charge is -1.93. The summed E-state index contributed by atoms with van der Waals surface area (Å²) in [5, 5.41) is 0.871. The molecule has 60 valence electrons. The van der Waals surface area contributed by atoms with Crippen LogP contribution < -0.4 is 0 Å². The molecule has 12 heavy (non-hydrogen) atoms. The Balaban J connectivity index is 2.99. The van der Waals surface area contributed by atoms with Crippen LogP contribution in [0.1, 0.15) is 0 Å². The zero-order chi connectivity index (χ0) is 8.55. The van der Waals surface area contributed by atoms with E-state index < -0.39 is 7.05 Å². The lowest BCUT2D eigenvalue weighted by molar-refractivity contribution is 1.33. The van der Waals surface area contributed by atoms with E-state index in [4.69, 9.17) is 24.5 Å². The molecule has 0 aliphatic rings. The van der Waals surface area contributed by atoms with Gasteiger partial charge in [0.05, 0.1) is 5.39 Å². The Hall–Kier alpha value is -0.510. The van der Waals surface area contributed by atoms with Crippen LogP contribution in [0.15, 0.2) is 18.3 Å². The smallest absolute Gasteiger partial charge is 0.190 e. The second-order valence-corrected chi connectivity index (χ2v) is 4.58. The predicted molar refractivity (Wildman–Crippen MR) is 54.6 cm³/mol. The molecule has 3 nitrogen and oxygen atoms in total. The molecule has 0 aliphatic heterocycles. The largest absolute Gasteiger partial charge is 0.439 e. The fourth-order valence-corrected chi connectivity index (χ4v) is 2.67. The Morgan fingerprint density at radius 2 is 2.42 bits per heavy atom. The number of nitrogens with zero attached hydrogens (tertiary/aromatic N) is 2. The van der Waals surface area contributed by atoms with Crippen LogP contribution in [0.2, 0.25) is 0 Å². The van der Waals surface area contributed by atoms with Gasteiger partial charge >= 0.3 is 0 Å². The first-order valence-electron chi connectivity index (χ1n) is 3.22. The molecule has 2 aromatic heterocycles. The van der Waals surface area contributed by atoms with Crippen molar-refractivity contribution in [3.05, 3.63) is 23.0 Å². The van der Waals surface area contributed by atoms with Gasteiger partial charge in [-0.1, -0.05) is 17.0 Å². The van der Waals surface area contributed by atoms with E-state index in [9.17, 15) is 0 Å². The Morgan fingerprint density at radius 3 is 3.25 bits per heavy atom. The maximum atomic E-state index is 5.04. The van der Waals surface area contributed by atoms with Crippen molar-refractivity contribution in [2.75, 3.05) is 0 Å². The predicted octanol–water partition coefficient (Wildman–Crippen LogP) is 2.27. The lowest BCUT2D eigenvalue weighted by atomic mass is 10.4. The quantitative estimate of drug-likeness (QED) is 0.538. The first kappa shape index (κ1) is 8.10. The highest BCUT2D eigenvalue weighted by molar-refractivity contribution is 8.26. The normalized spacial score (nSPS) is 11.9. The third-order valence-electron chi connectivity index (χ3n) is 1.42. The molecule has 1 N–H and O–H groups in total. The second kappa shape index (κ2) is 3.09. The first-order chi connectivity index (χ1) is 5.77. The Bertz CT molecular complexity index is 481. The van der Waals surface area contributed by atoms with E-state index in [0.29, 0.717) is 4.64 Å². The SMILES string of the molecule is S=c1n[p+]([S-])[nH]c2ncccc12. The zero-order valence-electron chi connectivity index (χ0n) is 5.89. The number of aromatic nitrogens is 3. The molecule has 0 fully saturated rings. The van der Waals surface area contributed by atoms with Crippen LogP contribution in [0.25, 0.3) is 11.0 Å². The van der Waals surface area contributed by atoms with E-state index >= 15 is 0 Å². The molecule has 0 radical (unpaired) electrons. The summed E-state index contributed by atoms with van der Waals surface area (Å²) in [5.74, 6) is 0. The number of fused-ring (bicyclic) bond motifs is 1. The minimum Gasteiger partial charge on any atom is -0.439 e. The van der Waals surface area contributed by atoms with E-state index in [2.05, 4.69) is 14.5 Å². The molecule has 0 aliphatic carbocycles. The molecule has 1 unspecified atom stereocenters. The maximum absolute atomic E-state index is 5.04. The van der Waals surface area contributed by atoms with Crippen molar-refractivity contribution in [3.8, 4) is 0 Å². The maximum Gasteiger partial charge on any atom is 0.190 e. The molecule has 0 bridgehead atoms. The van der Waals surface area contributed by atoms with Crippen molar-refractivity contribution >= 4 is 42.6 Å². The van der Waals surface area contributed by atoms with Gasteiger partial charge in [0.15, 0.2) is 17.3 Å². The molecule has 0 spiro atoms. The molecule has 0 amide bonds. The average Bonchev–Trinajstić information content (AvgIpc) is 2.04. The summed E-state index contributed by atoms with van der Waals surface area (Å²) in [4.78, 5) is 4.11. The molecular formula is C6H4N3PS2. The molecule has 0 saturated heterocycles. The minimum absolute atomic E-state index is 0.568. The van der Waals surface area contributed by atoms with E-state index in [1.54, 1.807) is 6.20 Å². The van der Waals surface area contributed by atoms with Gasteiger partial charge in [0.2, 0.25) is 0 Å². The number of H-pyrrole nitrogens is 1. The molecule has 0 aromatic carbocycles. The van der Waals surface area contributed by atoms with Gasteiger partial charge in [0.25, 0.3) is 0 Å². The fraction of sp³-hybridized carbons (Fsp3) is 0. The minimum atomic E-state index is -0.963. The summed E-state index contributed by atoms with van der Waals surface area (Å²) < 4.78 is 7.66. The number of aromatic amines is 1. The first-order valence-corrected chi connectivity index (χ1v) is 5.94.